The molecule has 108 valence electrons. The monoisotopic (exact) mass is 275 g/mol. The van der Waals surface area contributed by atoms with Gasteiger partial charge in [0, 0.05) is 6.04 Å². The van der Waals surface area contributed by atoms with E-state index in [0.29, 0.717) is 6.54 Å². The molecule has 3 rings (SSSR count). The maximum atomic E-state index is 12.3. The molecule has 5 nitrogen and oxygen atoms in total. The van der Waals surface area contributed by atoms with Crippen LogP contribution in [0.2, 0.25) is 0 Å². The first-order valence-corrected chi connectivity index (χ1v) is 7.21. The second kappa shape index (κ2) is 5.71. The zero-order valence-electron chi connectivity index (χ0n) is 11.8. The Morgan fingerprint density at radius 2 is 2.10 bits per heavy atom. The minimum absolute atomic E-state index is 0.0124. The van der Waals surface area contributed by atoms with E-state index in [1.807, 2.05) is 24.3 Å². The van der Waals surface area contributed by atoms with Gasteiger partial charge in [0.1, 0.15) is 5.75 Å². The van der Waals surface area contributed by atoms with E-state index in [-0.39, 0.29) is 11.9 Å². The molecule has 0 spiro atoms. The van der Waals surface area contributed by atoms with E-state index in [1.54, 1.807) is 0 Å². The first kappa shape index (κ1) is 13.2. The van der Waals surface area contributed by atoms with E-state index in [2.05, 4.69) is 22.6 Å². The number of likely N-dealkylation sites (tertiary alicyclic amines) is 1. The van der Waals surface area contributed by atoms with Crippen LogP contribution in [-0.4, -0.2) is 49.6 Å². The van der Waals surface area contributed by atoms with Crippen LogP contribution in [0.25, 0.3) is 0 Å². The summed E-state index contributed by atoms with van der Waals surface area (Å²) in [6, 6.07) is 7.99. The number of hydrogen-bond donors (Lipinski definition) is 2. The lowest BCUT2D eigenvalue weighted by atomic mass is 10.1. The van der Waals surface area contributed by atoms with Gasteiger partial charge in [-0.25, -0.2) is 0 Å². The molecule has 20 heavy (non-hydrogen) atoms. The van der Waals surface area contributed by atoms with E-state index in [9.17, 15) is 4.79 Å². The Bertz CT molecular complexity index is 484. The number of amides is 1. The number of rotatable bonds is 2. The third-order valence-electron chi connectivity index (χ3n) is 3.99. The molecule has 0 radical (unpaired) electrons. The van der Waals surface area contributed by atoms with Crippen LogP contribution in [0.3, 0.4) is 0 Å². The Morgan fingerprint density at radius 1 is 1.35 bits per heavy atom. The van der Waals surface area contributed by atoms with Gasteiger partial charge in [-0.05, 0) is 45.1 Å². The highest BCUT2D eigenvalue weighted by Crippen LogP contribution is 2.28. The van der Waals surface area contributed by atoms with Crippen molar-refractivity contribution in [2.45, 2.75) is 25.0 Å². The number of piperidine rings is 1. The molecule has 0 aromatic heterocycles. The van der Waals surface area contributed by atoms with Crippen molar-refractivity contribution < 1.29 is 9.53 Å². The minimum Gasteiger partial charge on any atom is -0.477 e. The van der Waals surface area contributed by atoms with Crippen LogP contribution in [-0.2, 0) is 4.79 Å². The van der Waals surface area contributed by atoms with Gasteiger partial charge in [0.15, 0.2) is 6.10 Å². The number of hydrogen-bond acceptors (Lipinski definition) is 4. The van der Waals surface area contributed by atoms with Gasteiger partial charge in [0.2, 0.25) is 0 Å². The summed E-state index contributed by atoms with van der Waals surface area (Å²) in [5, 5.41) is 6.35. The highest BCUT2D eigenvalue weighted by molar-refractivity contribution is 5.83. The standard InChI is InChI=1S/C15H21N3O2/c1-18-8-6-11(7-9-18)17-15(19)14-10-16-12-4-2-3-5-13(12)20-14/h2-5,11,14,16H,6-10H2,1H3,(H,17,19). The van der Waals surface area contributed by atoms with E-state index in [1.165, 1.54) is 0 Å². The molecule has 2 heterocycles. The molecular formula is C15H21N3O2. The fourth-order valence-corrected chi connectivity index (χ4v) is 2.71. The van der Waals surface area contributed by atoms with Crippen LogP contribution in [0.15, 0.2) is 24.3 Å². The Hall–Kier alpha value is -1.75. The highest BCUT2D eigenvalue weighted by atomic mass is 16.5. The average Bonchev–Trinajstić information content (AvgIpc) is 2.49. The Morgan fingerprint density at radius 3 is 2.90 bits per heavy atom. The Kier molecular flexibility index (Phi) is 3.78. The van der Waals surface area contributed by atoms with Crippen molar-refractivity contribution in [3.8, 4) is 5.75 Å². The molecule has 5 heteroatoms. The smallest absolute Gasteiger partial charge is 0.263 e. The van der Waals surface area contributed by atoms with Gasteiger partial charge >= 0.3 is 0 Å². The van der Waals surface area contributed by atoms with Crippen molar-refractivity contribution in [1.82, 2.24) is 10.2 Å². The van der Waals surface area contributed by atoms with Crippen molar-refractivity contribution in [3.05, 3.63) is 24.3 Å². The van der Waals surface area contributed by atoms with Crippen molar-refractivity contribution in [2.75, 3.05) is 32.0 Å². The average molecular weight is 275 g/mol. The lowest BCUT2D eigenvalue weighted by molar-refractivity contribution is -0.128. The van der Waals surface area contributed by atoms with Gasteiger partial charge in [-0.3, -0.25) is 4.79 Å². The zero-order valence-corrected chi connectivity index (χ0v) is 11.8. The molecule has 0 aliphatic carbocycles. The number of carbonyl (C=O) groups is 1. The molecule has 2 N–H and O–H groups in total. The Balaban J connectivity index is 1.56. The predicted octanol–water partition coefficient (Wildman–Crippen LogP) is 1.07. The number of benzene rings is 1. The number of nitrogens with one attached hydrogen (secondary N) is 2. The molecule has 1 fully saturated rings. The molecule has 2 aliphatic heterocycles. The Labute approximate surface area is 119 Å². The molecule has 1 unspecified atom stereocenters. The number of fused-ring (bicyclic) bond motifs is 1. The minimum atomic E-state index is -0.440. The molecule has 1 saturated heterocycles. The number of para-hydroxylation sites is 2. The SMILES string of the molecule is CN1CCC(NC(=O)C2CNc3ccccc3O2)CC1. The number of ether oxygens (including phenoxy) is 1. The van der Waals surface area contributed by atoms with Crippen LogP contribution in [0.5, 0.6) is 5.75 Å². The van der Waals surface area contributed by atoms with E-state index in [4.69, 9.17) is 4.74 Å². The largest absolute Gasteiger partial charge is 0.477 e. The molecule has 2 aliphatic rings. The molecular weight excluding hydrogens is 254 g/mol. The van der Waals surface area contributed by atoms with E-state index >= 15 is 0 Å². The maximum absolute atomic E-state index is 12.3. The quantitative estimate of drug-likeness (QED) is 0.848. The van der Waals surface area contributed by atoms with Gasteiger partial charge in [0.05, 0.1) is 12.2 Å². The van der Waals surface area contributed by atoms with Crippen molar-refractivity contribution in [3.63, 3.8) is 0 Å². The van der Waals surface area contributed by atoms with Crippen LogP contribution in [0.1, 0.15) is 12.8 Å². The fourth-order valence-electron chi connectivity index (χ4n) is 2.71. The van der Waals surface area contributed by atoms with Gasteiger partial charge in [-0.15, -0.1) is 0 Å². The molecule has 1 atom stereocenters. The molecule has 1 aromatic rings. The summed E-state index contributed by atoms with van der Waals surface area (Å²) in [6.07, 6.45) is 1.59. The topological polar surface area (TPSA) is 53.6 Å². The van der Waals surface area contributed by atoms with Crippen molar-refractivity contribution >= 4 is 11.6 Å². The number of nitrogens with zero attached hydrogens (tertiary/aromatic N) is 1. The fraction of sp³-hybridized carbons (Fsp3) is 0.533. The van der Waals surface area contributed by atoms with Gasteiger partial charge in [-0.2, -0.15) is 0 Å². The summed E-state index contributed by atoms with van der Waals surface area (Å²) in [6.45, 7) is 2.60. The highest BCUT2D eigenvalue weighted by Gasteiger charge is 2.28. The second-order valence-corrected chi connectivity index (χ2v) is 5.57. The van der Waals surface area contributed by atoms with E-state index < -0.39 is 6.10 Å². The maximum Gasteiger partial charge on any atom is 0.263 e. The van der Waals surface area contributed by atoms with Crippen LogP contribution in [0.4, 0.5) is 5.69 Å². The van der Waals surface area contributed by atoms with Crippen LogP contribution >= 0.6 is 0 Å². The van der Waals surface area contributed by atoms with Gasteiger partial charge in [-0.1, -0.05) is 12.1 Å². The molecule has 0 saturated carbocycles. The lowest BCUT2D eigenvalue weighted by Gasteiger charge is -2.32. The normalized spacial score (nSPS) is 23.4. The lowest BCUT2D eigenvalue weighted by Crippen LogP contribution is -2.50. The molecule has 1 aromatic carbocycles. The summed E-state index contributed by atoms with van der Waals surface area (Å²) in [5.41, 5.74) is 0.954. The van der Waals surface area contributed by atoms with Crippen LogP contribution in [0, 0.1) is 0 Å². The molecule has 0 bridgehead atoms. The van der Waals surface area contributed by atoms with Gasteiger partial charge in [0.25, 0.3) is 5.91 Å². The first-order chi connectivity index (χ1) is 9.72. The summed E-state index contributed by atoms with van der Waals surface area (Å²) in [7, 11) is 2.11. The number of carbonyl (C=O) groups excluding carboxylic acids is 1. The van der Waals surface area contributed by atoms with E-state index in [0.717, 1.165) is 37.4 Å². The first-order valence-electron chi connectivity index (χ1n) is 7.21. The molecule has 1 amide bonds. The zero-order chi connectivity index (χ0) is 13.9. The van der Waals surface area contributed by atoms with Gasteiger partial charge < -0.3 is 20.3 Å². The summed E-state index contributed by atoms with van der Waals surface area (Å²) < 4.78 is 5.77. The van der Waals surface area contributed by atoms with Crippen molar-refractivity contribution in [2.24, 2.45) is 0 Å². The summed E-state index contributed by atoms with van der Waals surface area (Å²) in [4.78, 5) is 14.6. The predicted molar refractivity (Wildman–Crippen MR) is 78.0 cm³/mol. The third-order valence-corrected chi connectivity index (χ3v) is 3.99. The number of anilines is 1. The third kappa shape index (κ3) is 2.88. The summed E-state index contributed by atoms with van der Waals surface area (Å²) >= 11 is 0. The van der Waals surface area contributed by atoms with Crippen molar-refractivity contribution in [1.29, 1.82) is 0 Å². The van der Waals surface area contributed by atoms with Crippen LogP contribution < -0.4 is 15.4 Å². The summed E-state index contributed by atoms with van der Waals surface area (Å²) in [5.74, 6) is 0.740. The second-order valence-electron chi connectivity index (χ2n) is 5.57.